The molecular formula is C24H29Cl2N5O2. The summed E-state index contributed by atoms with van der Waals surface area (Å²) in [7, 11) is 4.06. The molecule has 0 aliphatic rings. The smallest absolute Gasteiger partial charge is 0.307 e. The molecule has 0 aliphatic heterocycles. The number of aromatic nitrogens is 3. The molecule has 0 N–H and O–H groups in total. The molecule has 0 spiro atoms. The summed E-state index contributed by atoms with van der Waals surface area (Å²) in [6, 6.07) is 11.4. The topological polar surface area (TPSA) is 63.5 Å². The minimum Gasteiger partial charge on any atom is -0.466 e. The van der Waals surface area contributed by atoms with Crippen LogP contribution in [0, 0.1) is 0 Å². The Morgan fingerprint density at radius 3 is 2.58 bits per heavy atom. The number of rotatable bonds is 11. The average molecular weight is 490 g/mol. The van der Waals surface area contributed by atoms with Crippen LogP contribution in [-0.4, -0.2) is 70.9 Å². The van der Waals surface area contributed by atoms with Crippen LogP contribution in [0.25, 0.3) is 16.9 Å². The molecule has 7 nitrogen and oxygen atoms in total. The second-order valence-corrected chi connectivity index (χ2v) is 8.72. The molecule has 3 aromatic rings. The first-order valence-electron chi connectivity index (χ1n) is 10.8. The van der Waals surface area contributed by atoms with Gasteiger partial charge in [-0.1, -0.05) is 23.2 Å². The molecular weight excluding hydrogens is 461 g/mol. The van der Waals surface area contributed by atoms with Gasteiger partial charge in [0.05, 0.1) is 40.1 Å². The van der Waals surface area contributed by atoms with Gasteiger partial charge in [-0.25, -0.2) is 4.68 Å². The van der Waals surface area contributed by atoms with Crippen LogP contribution in [-0.2, 0) is 16.1 Å². The van der Waals surface area contributed by atoms with Gasteiger partial charge in [-0.3, -0.25) is 14.7 Å². The lowest BCUT2D eigenvalue weighted by atomic mass is 10.2. The van der Waals surface area contributed by atoms with Crippen molar-refractivity contribution in [3.8, 4) is 16.9 Å². The molecule has 0 bridgehead atoms. The first kappa shape index (κ1) is 25.2. The van der Waals surface area contributed by atoms with Crippen LogP contribution >= 0.6 is 23.2 Å². The zero-order valence-electron chi connectivity index (χ0n) is 19.2. The van der Waals surface area contributed by atoms with Crippen molar-refractivity contribution >= 4 is 29.2 Å². The van der Waals surface area contributed by atoms with Gasteiger partial charge in [0, 0.05) is 44.1 Å². The van der Waals surface area contributed by atoms with E-state index in [1.54, 1.807) is 24.5 Å². The fraction of sp³-hybridized carbons (Fsp3) is 0.375. The molecule has 0 fully saturated rings. The van der Waals surface area contributed by atoms with Crippen molar-refractivity contribution in [1.29, 1.82) is 0 Å². The molecule has 3 rings (SSSR count). The van der Waals surface area contributed by atoms with Gasteiger partial charge in [0.25, 0.3) is 0 Å². The average Bonchev–Trinajstić information content (AvgIpc) is 3.22. The number of likely N-dealkylation sites (N-methyl/N-ethyl adjacent to an activating group) is 1. The van der Waals surface area contributed by atoms with Gasteiger partial charge >= 0.3 is 5.97 Å². The second kappa shape index (κ2) is 12.1. The van der Waals surface area contributed by atoms with E-state index in [2.05, 4.69) is 14.8 Å². The van der Waals surface area contributed by atoms with Crippen LogP contribution in [0.3, 0.4) is 0 Å². The Morgan fingerprint density at radius 2 is 1.91 bits per heavy atom. The van der Waals surface area contributed by atoms with Crippen molar-refractivity contribution in [3.05, 3.63) is 64.5 Å². The number of hydrogen-bond donors (Lipinski definition) is 0. The van der Waals surface area contributed by atoms with Crippen molar-refractivity contribution in [3.63, 3.8) is 0 Å². The van der Waals surface area contributed by atoms with Crippen LogP contribution < -0.4 is 0 Å². The number of benzene rings is 1. The first-order chi connectivity index (χ1) is 15.9. The van der Waals surface area contributed by atoms with Crippen molar-refractivity contribution in [2.45, 2.75) is 19.9 Å². The molecule has 1 aromatic carbocycles. The van der Waals surface area contributed by atoms with E-state index in [4.69, 9.17) is 33.0 Å². The number of pyridine rings is 1. The van der Waals surface area contributed by atoms with Gasteiger partial charge in [0.2, 0.25) is 0 Å². The van der Waals surface area contributed by atoms with Gasteiger partial charge in [-0.15, -0.1) is 0 Å². The van der Waals surface area contributed by atoms with Crippen LogP contribution in [0.4, 0.5) is 0 Å². The molecule has 0 atom stereocenters. The highest BCUT2D eigenvalue weighted by molar-refractivity contribution is 6.42. The zero-order valence-corrected chi connectivity index (χ0v) is 20.7. The summed E-state index contributed by atoms with van der Waals surface area (Å²) in [5, 5.41) is 5.79. The third-order valence-corrected chi connectivity index (χ3v) is 5.81. The summed E-state index contributed by atoms with van der Waals surface area (Å²) in [5.74, 6) is -0.193. The highest BCUT2D eigenvalue weighted by Gasteiger charge is 2.17. The van der Waals surface area contributed by atoms with Crippen LogP contribution in [0.15, 0.2) is 48.8 Å². The van der Waals surface area contributed by atoms with Crippen molar-refractivity contribution in [1.82, 2.24) is 24.6 Å². The molecule has 9 heteroatoms. The highest BCUT2D eigenvalue weighted by atomic mass is 35.5. The fourth-order valence-corrected chi connectivity index (χ4v) is 3.64. The van der Waals surface area contributed by atoms with Crippen LogP contribution in [0.2, 0.25) is 10.0 Å². The van der Waals surface area contributed by atoms with Gasteiger partial charge in [-0.2, -0.15) is 5.10 Å². The molecule has 0 amide bonds. The largest absolute Gasteiger partial charge is 0.466 e. The molecule has 2 heterocycles. The van der Waals surface area contributed by atoms with Gasteiger partial charge in [0.15, 0.2) is 0 Å². The predicted molar refractivity (Wildman–Crippen MR) is 132 cm³/mol. The predicted octanol–water partition coefficient (Wildman–Crippen LogP) is 4.56. The minimum absolute atomic E-state index is 0.193. The number of esters is 1. The van der Waals surface area contributed by atoms with Crippen molar-refractivity contribution in [2.24, 2.45) is 0 Å². The van der Waals surface area contributed by atoms with Gasteiger partial charge in [-0.05, 0) is 57.4 Å². The summed E-state index contributed by atoms with van der Waals surface area (Å²) in [5.41, 5.74) is 3.51. The Labute approximate surface area is 204 Å². The second-order valence-electron chi connectivity index (χ2n) is 7.91. The lowest BCUT2D eigenvalue weighted by Crippen LogP contribution is -2.33. The maximum absolute atomic E-state index is 12.0. The Balaban J connectivity index is 1.93. The van der Waals surface area contributed by atoms with E-state index in [1.165, 1.54) is 0 Å². The molecule has 2 aromatic heterocycles. The minimum atomic E-state index is -0.193. The molecule has 176 valence electrons. The van der Waals surface area contributed by atoms with E-state index < -0.39 is 0 Å². The zero-order chi connectivity index (χ0) is 23.8. The molecule has 0 unspecified atom stereocenters. The van der Waals surface area contributed by atoms with Gasteiger partial charge in [0.1, 0.15) is 0 Å². The SMILES string of the molecule is CCOC(=O)CCN(CCN(C)C)Cc1cc(-c2cccnc2)nn1-c1ccc(Cl)c(Cl)c1. The highest BCUT2D eigenvalue weighted by Crippen LogP contribution is 2.27. The number of ether oxygens (including phenoxy) is 1. The van der Waals surface area contributed by atoms with E-state index in [1.807, 2.05) is 50.0 Å². The van der Waals surface area contributed by atoms with E-state index in [0.717, 1.165) is 35.7 Å². The number of halogens is 2. The fourth-order valence-electron chi connectivity index (χ4n) is 3.35. The Morgan fingerprint density at radius 1 is 1.09 bits per heavy atom. The summed E-state index contributed by atoms with van der Waals surface area (Å²) in [6.07, 6.45) is 3.85. The Kier molecular flexibility index (Phi) is 9.26. The number of carbonyl (C=O) groups is 1. The molecule has 33 heavy (non-hydrogen) atoms. The number of carbonyl (C=O) groups excluding carboxylic acids is 1. The lowest BCUT2D eigenvalue weighted by molar-refractivity contribution is -0.143. The number of nitrogens with zero attached hydrogens (tertiary/aromatic N) is 5. The van der Waals surface area contributed by atoms with E-state index in [0.29, 0.717) is 36.2 Å². The van der Waals surface area contributed by atoms with E-state index in [9.17, 15) is 4.79 Å². The normalized spacial score (nSPS) is 11.4. The van der Waals surface area contributed by atoms with E-state index in [-0.39, 0.29) is 5.97 Å². The maximum atomic E-state index is 12.0. The quantitative estimate of drug-likeness (QED) is 0.368. The monoisotopic (exact) mass is 489 g/mol. The summed E-state index contributed by atoms with van der Waals surface area (Å²) in [6.45, 7) is 5.04. The Hall–Kier alpha value is -2.45. The first-order valence-corrected chi connectivity index (χ1v) is 11.6. The van der Waals surface area contributed by atoms with Crippen LogP contribution in [0.1, 0.15) is 19.0 Å². The van der Waals surface area contributed by atoms with E-state index >= 15 is 0 Å². The molecule has 0 saturated heterocycles. The standard InChI is InChI=1S/C24H29Cl2N5O2/c1-4-33-24(32)9-11-30(13-12-29(2)3)17-20-15-23(18-6-5-10-27-16-18)28-31(20)19-7-8-21(25)22(26)14-19/h5-8,10,14-16H,4,9,11-13,17H2,1-3H3. The molecule has 0 aliphatic carbocycles. The van der Waals surface area contributed by atoms with Gasteiger partial charge < -0.3 is 9.64 Å². The molecule has 0 radical (unpaired) electrons. The Bertz CT molecular complexity index is 1060. The number of hydrogen-bond acceptors (Lipinski definition) is 6. The van der Waals surface area contributed by atoms with Crippen LogP contribution in [0.5, 0.6) is 0 Å². The molecule has 0 saturated carbocycles. The maximum Gasteiger partial charge on any atom is 0.307 e. The summed E-state index contributed by atoms with van der Waals surface area (Å²) < 4.78 is 6.99. The van der Waals surface area contributed by atoms with Crippen molar-refractivity contribution < 1.29 is 9.53 Å². The third-order valence-electron chi connectivity index (χ3n) is 5.07. The van der Waals surface area contributed by atoms with Crippen molar-refractivity contribution in [2.75, 3.05) is 40.3 Å². The third kappa shape index (κ3) is 7.27. The summed E-state index contributed by atoms with van der Waals surface area (Å²) in [4.78, 5) is 20.5. The lowest BCUT2D eigenvalue weighted by Gasteiger charge is -2.24. The summed E-state index contributed by atoms with van der Waals surface area (Å²) >= 11 is 12.4.